The van der Waals surface area contributed by atoms with E-state index in [1.807, 2.05) is 36.4 Å². The van der Waals surface area contributed by atoms with Gasteiger partial charge in [0, 0.05) is 45.5 Å². The van der Waals surface area contributed by atoms with Crippen LogP contribution in [-0.4, -0.2) is 26.9 Å². The van der Waals surface area contributed by atoms with Gasteiger partial charge in [-0.3, -0.25) is 4.79 Å². The van der Waals surface area contributed by atoms with Crippen LogP contribution in [0.5, 0.6) is 0 Å². The molecule has 0 bridgehead atoms. The number of halogens is 1. The summed E-state index contributed by atoms with van der Waals surface area (Å²) in [5, 5.41) is 5.58. The second kappa shape index (κ2) is 11.1. The Labute approximate surface area is 240 Å². The van der Waals surface area contributed by atoms with Crippen molar-refractivity contribution in [2.24, 2.45) is 5.92 Å². The minimum absolute atomic E-state index is 0.131. The second-order valence-electron chi connectivity index (χ2n) is 10.7. The van der Waals surface area contributed by atoms with Crippen molar-refractivity contribution in [1.29, 1.82) is 0 Å². The third-order valence-corrected chi connectivity index (χ3v) is 9.75. The molecule has 4 nitrogen and oxygen atoms in total. The molecule has 3 aromatic carbocycles. The van der Waals surface area contributed by atoms with E-state index < -0.39 is 0 Å². The number of nitrogens with zero attached hydrogens (tertiary/aromatic N) is 2. The first-order valence-electron chi connectivity index (χ1n) is 13.8. The van der Waals surface area contributed by atoms with Crippen LogP contribution in [0.3, 0.4) is 0 Å². The van der Waals surface area contributed by atoms with Crippen molar-refractivity contribution in [3.8, 4) is 0 Å². The van der Waals surface area contributed by atoms with Crippen molar-refractivity contribution >= 4 is 51.9 Å². The molecule has 2 fully saturated rings. The quantitative estimate of drug-likeness (QED) is 0.242. The maximum Gasteiger partial charge on any atom is 0.262 e. The number of anilines is 1. The van der Waals surface area contributed by atoms with E-state index in [4.69, 9.17) is 11.6 Å². The largest absolute Gasteiger partial charge is 0.356 e. The normalized spacial score (nSPS) is 22.6. The molecule has 1 saturated heterocycles. The van der Waals surface area contributed by atoms with Crippen molar-refractivity contribution in [2.45, 2.75) is 57.6 Å². The Morgan fingerprint density at radius 3 is 2.49 bits per heavy atom. The zero-order valence-electron chi connectivity index (χ0n) is 22.4. The molecule has 0 radical (unpaired) electrons. The molecule has 200 valence electrons. The summed E-state index contributed by atoms with van der Waals surface area (Å²) in [6.45, 7) is 5.13. The predicted octanol–water partition coefficient (Wildman–Crippen LogP) is 8.54. The Balaban J connectivity index is 1.40. The minimum atomic E-state index is -0.131. The Morgan fingerprint density at radius 2 is 1.69 bits per heavy atom. The summed E-state index contributed by atoms with van der Waals surface area (Å²) in [6.07, 6.45) is 6.78. The van der Waals surface area contributed by atoms with E-state index in [2.05, 4.69) is 77.2 Å². The van der Waals surface area contributed by atoms with Crippen LogP contribution in [0, 0.1) is 12.8 Å². The molecule has 3 atom stereocenters. The lowest BCUT2D eigenvalue weighted by atomic mass is 9.85. The van der Waals surface area contributed by atoms with Gasteiger partial charge in [0.05, 0.1) is 4.91 Å². The van der Waals surface area contributed by atoms with Gasteiger partial charge in [-0.05, 0) is 61.6 Å². The number of carbonyl (C=O) groups is 1. The van der Waals surface area contributed by atoms with Crippen LogP contribution in [0.2, 0.25) is 5.02 Å². The standard InChI is InChI=1S/C33H34ClN3OS/c1-22-12-6-10-18-29(22)37-32(38)31(39-33(37)35-25-14-4-3-5-15-25)20-27-23(2)36(30-19-11-8-16-26(27)30)21-24-13-7-9-17-28(24)34/h3-5,7-9,11,13-17,19-20,22,29,33,35H,6,10,12,18,21H2,1-2H3/b31-20-/t22-,29-,33?/m0/s1. The summed E-state index contributed by atoms with van der Waals surface area (Å²) in [4.78, 5) is 17.0. The summed E-state index contributed by atoms with van der Waals surface area (Å²) in [5.74, 6) is 0.622. The van der Waals surface area contributed by atoms with Crippen LogP contribution < -0.4 is 5.32 Å². The van der Waals surface area contributed by atoms with E-state index in [-0.39, 0.29) is 17.4 Å². The van der Waals surface area contributed by atoms with Crippen molar-refractivity contribution in [3.05, 3.63) is 106 Å². The molecule has 2 heterocycles. The number of nitrogens with one attached hydrogen (secondary N) is 1. The molecule has 1 aromatic heterocycles. The molecule has 1 N–H and O–H groups in total. The SMILES string of the molecule is Cc1c(/C=C2\SC(Nc3ccccc3)N([C@H]3CCCC[C@@H]3C)C2=O)c2ccccc2n1Cc1ccccc1Cl. The average molecular weight is 556 g/mol. The molecule has 0 spiro atoms. The molecule has 1 unspecified atom stereocenters. The predicted molar refractivity (Wildman–Crippen MR) is 165 cm³/mol. The molecule has 1 aliphatic heterocycles. The number of hydrogen-bond acceptors (Lipinski definition) is 3. The first-order valence-corrected chi connectivity index (χ1v) is 15.1. The maximum absolute atomic E-state index is 14.1. The number of carbonyl (C=O) groups excluding carboxylic acids is 1. The summed E-state index contributed by atoms with van der Waals surface area (Å²) >= 11 is 8.18. The maximum atomic E-state index is 14.1. The highest BCUT2D eigenvalue weighted by atomic mass is 35.5. The Kier molecular flexibility index (Phi) is 7.46. The van der Waals surface area contributed by atoms with Crippen molar-refractivity contribution in [1.82, 2.24) is 9.47 Å². The van der Waals surface area contributed by atoms with Gasteiger partial charge in [-0.15, -0.1) is 0 Å². The van der Waals surface area contributed by atoms with Crippen molar-refractivity contribution in [3.63, 3.8) is 0 Å². The van der Waals surface area contributed by atoms with E-state index in [1.165, 1.54) is 19.3 Å². The molecule has 1 amide bonds. The van der Waals surface area contributed by atoms with Gasteiger partial charge in [-0.2, -0.15) is 0 Å². The Bertz CT molecular complexity index is 1530. The van der Waals surface area contributed by atoms with E-state index in [0.717, 1.165) is 49.8 Å². The molecule has 6 rings (SSSR count). The van der Waals surface area contributed by atoms with Crippen LogP contribution in [0.15, 0.2) is 83.8 Å². The lowest BCUT2D eigenvalue weighted by molar-refractivity contribution is -0.129. The molecular weight excluding hydrogens is 522 g/mol. The van der Waals surface area contributed by atoms with Gasteiger partial charge < -0.3 is 14.8 Å². The van der Waals surface area contributed by atoms with Crippen LogP contribution in [-0.2, 0) is 11.3 Å². The van der Waals surface area contributed by atoms with Gasteiger partial charge in [0.1, 0.15) is 0 Å². The van der Waals surface area contributed by atoms with E-state index in [0.29, 0.717) is 12.5 Å². The van der Waals surface area contributed by atoms with Crippen molar-refractivity contribution < 1.29 is 4.79 Å². The third kappa shape index (κ3) is 5.10. The van der Waals surface area contributed by atoms with Crippen LogP contribution in [0.4, 0.5) is 5.69 Å². The second-order valence-corrected chi connectivity index (χ2v) is 12.3. The minimum Gasteiger partial charge on any atom is -0.356 e. The number of hydrogen-bond donors (Lipinski definition) is 1. The number of rotatable bonds is 6. The van der Waals surface area contributed by atoms with Gasteiger partial charge in [0.15, 0.2) is 5.50 Å². The van der Waals surface area contributed by atoms with Crippen LogP contribution >= 0.6 is 23.4 Å². The highest BCUT2D eigenvalue weighted by Gasteiger charge is 2.43. The number of para-hydroxylation sites is 2. The van der Waals surface area contributed by atoms with Gasteiger partial charge >= 0.3 is 0 Å². The lowest BCUT2D eigenvalue weighted by Gasteiger charge is -2.39. The lowest BCUT2D eigenvalue weighted by Crippen LogP contribution is -2.48. The molecule has 1 aliphatic carbocycles. The Hall–Kier alpha value is -3.15. The van der Waals surface area contributed by atoms with Crippen LogP contribution in [0.1, 0.15) is 49.4 Å². The van der Waals surface area contributed by atoms with Gasteiger partial charge in [-0.25, -0.2) is 0 Å². The fourth-order valence-electron chi connectivity index (χ4n) is 6.14. The summed E-state index contributed by atoms with van der Waals surface area (Å²) in [6, 6.07) is 26.9. The molecule has 39 heavy (non-hydrogen) atoms. The zero-order chi connectivity index (χ0) is 26.9. The fraction of sp³-hybridized carbons (Fsp3) is 0.303. The summed E-state index contributed by atoms with van der Waals surface area (Å²) in [7, 11) is 0. The number of amides is 1. The van der Waals surface area contributed by atoms with Crippen LogP contribution in [0.25, 0.3) is 17.0 Å². The molecule has 1 saturated carbocycles. The van der Waals surface area contributed by atoms with Gasteiger partial charge in [0.2, 0.25) is 0 Å². The monoisotopic (exact) mass is 555 g/mol. The molecule has 6 heteroatoms. The van der Waals surface area contributed by atoms with E-state index in [9.17, 15) is 4.79 Å². The van der Waals surface area contributed by atoms with E-state index >= 15 is 0 Å². The number of aromatic nitrogens is 1. The summed E-state index contributed by atoms with van der Waals surface area (Å²) in [5.41, 5.74) is 5.37. The zero-order valence-corrected chi connectivity index (χ0v) is 24.0. The fourth-order valence-corrected chi connectivity index (χ4v) is 7.53. The van der Waals surface area contributed by atoms with Gasteiger partial charge in [-0.1, -0.05) is 97.7 Å². The highest BCUT2D eigenvalue weighted by Crippen LogP contribution is 2.43. The topological polar surface area (TPSA) is 37.3 Å². The smallest absolute Gasteiger partial charge is 0.262 e. The van der Waals surface area contributed by atoms with Crippen molar-refractivity contribution in [2.75, 3.05) is 5.32 Å². The van der Waals surface area contributed by atoms with Gasteiger partial charge in [0.25, 0.3) is 5.91 Å². The Morgan fingerprint density at radius 1 is 0.974 bits per heavy atom. The van der Waals surface area contributed by atoms with E-state index in [1.54, 1.807) is 11.8 Å². The molecule has 2 aliphatic rings. The number of benzene rings is 3. The average Bonchev–Trinajstić information content (AvgIpc) is 3.39. The molecular formula is C33H34ClN3OS. The third-order valence-electron chi connectivity index (χ3n) is 8.27. The number of fused-ring (bicyclic) bond motifs is 1. The first-order chi connectivity index (χ1) is 19.0. The summed E-state index contributed by atoms with van der Waals surface area (Å²) < 4.78 is 2.31. The first kappa shape index (κ1) is 26.1. The highest BCUT2D eigenvalue weighted by molar-refractivity contribution is 8.05. The number of thioether (sulfide) groups is 1. The molecule has 4 aromatic rings.